The summed E-state index contributed by atoms with van der Waals surface area (Å²) in [4.78, 5) is 23.3. The maximum absolute atomic E-state index is 14.6. The number of aromatic nitrogens is 2. The molecular formula is C26H33FN4O6S. The first-order valence-electron chi connectivity index (χ1n) is 13.0. The number of nitrogens with one attached hydrogen (secondary N) is 1. The highest BCUT2D eigenvalue weighted by atomic mass is 32.2. The molecule has 1 amide bonds. The van der Waals surface area contributed by atoms with Gasteiger partial charge in [0.25, 0.3) is 0 Å². The molecule has 3 heterocycles. The van der Waals surface area contributed by atoms with E-state index in [1.54, 1.807) is 6.92 Å². The Balaban J connectivity index is 1.26. The van der Waals surface area contributed by atoms with Crippen molar-refractivity contribution in [2.75, 3.05) is 24.8 Å². The summed E-state index contributed by atoms with van der Waals surface area (Å²) in [6.45, 7) is 2.62. The number of hydrogen-bond acceptors (Lipinski definition) is 9. The molecular weight excluding hydrogens is 515 g/mol. The van der Waals surface area contributed by atoms with Crippen LogP contribution in [0.15, 0.2) is 29.4 Å². The van der Waals surface area contributed by atoms with Gasteiger partial charge in [-0.15, -0.1) is 0 Å². The lowest BCUT2D eigenvalue weighted by Crippen LogP contribution is -2.61. The van der Waals surface area contributed by atoms with E-state index < -0.39 is 15.7 Å². The fourth-order valence-corrected chi connectivity index (χ4v) is 6.07. The Morgan fingerprint density at radius 2 is 1.82 bits per heavy atom. The average molecular weight is 549 g/mol. The normalized spacial score (nSPS) is 24.1. The van der Waals surface area contributed by atoms with Gasteiger partial charge < -0.3 is 19.5 Å². The van der Waals surface area contributed by atoms with Crippen LogP contribution in [0.2, 0.25) is 0 Å². The number of piperidine rings is 1. The van der Waals surface area contributed by atoms with Gasteiger partial charge in [0.05, 0.1) is 41.4 Å². The summed E-state index contributed by atoms with van der Waals surface area (Å²) in [5, 5.41) is 2.91. The maximum atomic E-state index is 14.6. The van der Waals surface area contributed by atoms with Gasteiger partial charge in [-0.25, -0.2) is 27.6 Å². The molecule has 2 saturated heterocycles. The van der Waals surface area contributed by atoms with Crippen LogP contribution in [0, 0.1) is 12.7 Å². The number of rotatable bonds is 6. The van der Waals surface area contributed by atoms with Gasteiger partial charge in [0, 0.05) is 19.1 Å². The molecule has 2 aliphatic heterocycles. The molecule has 1 saturated carbocycles. The second-order valence-electron chi connectivity index (χ2n) is 10.3. The monoisotopic (exact) mass is 548 g/mol. The molecule has 3 aliphatic rings. The highest BCUT2D eigenvalue weighted by Crippen LogP contribution is 2.34. The van der Waals surface area contributed by atoms with Crippen LogP contribution in [0.1, 0.15) is 50.5 Å². The SMILES string of the molecule is Cc1c(Nc2ccc(S(C)(=O)=O)cc2F)ncnc1OC1C[C@H]2COC[C@@H](C1)N2C(=O)OC1CCCCC1. The van der Waals surface area contributed by atoms with Gasteiger partial charge in [0.2, 0.25) is 5.88 Å². The summed E-state index contributed by atoms with van der Waals surface area (Å²) < 4.78 is 55.9. The molecule has 0 spiro atoms. The van der Waals surface area contributed by atoms with E-state index in [1.165, 1.54) is 24.9 Å². The van der Waals surface area contributed by atoms with Crippen molar-refractivity contribution in [3.63, 3.8) is 0 Å². The minimum absolute atomic E-state index is 0.00567. The van der Waals surface area contributed by atoms with E-state index >= 15 is 0 Å². The van der Waals surface area contributed by atoms with Crippen molar-refractivity contribution >= 4 is 27.4 Å². The van der Waals surface area contributed by atoms with Crippen LogP contribution in [0.3, 0.4) is 0 Å². The number of ether oxygens (including phenoxy) is 3. The molecule has 2 bridgehead atoms. The van der Waals surface area contributed by atoms with Gasteiger partial charge in [-0.05, 0) is 50.8 Å². The molecule has 10 nitrogen and oxygen atoms in total. The van der Waals surface area contributed by atoms with Crippen molar-refractivity contribution in [2.24, 2.45) is 0 Å². The van der Waals surface area contributed by atoms with Crippen molar-refractivity contribution in [3.05, 3.63) is 35.9 Å². The lowest BCUT2D eigenvalue weighted by molar-refractivity contribution is -0.0962. The fourth-order valence-electron chi connectivity index (χ4n) is 5.44. The fraction of sp³-hybridized carbons (Fsp3) is 0.577. The summed E-state index contributed by atoms with van der Waals surface area (Å²) in [6.07, 6.45) is 8.27. The van der Waals surface area contributed by atoms with Crippen LogP contribution >= 0.6 is 0 Å². The zero-order valence-electron chi connectivity index (χ0n) is 21.6. The smallest absolute Gasteiger partial charge is 0.410 e. The summed E-state index contributed by atoms with van der Waals surface area (Å²) in [7, 11) is -3.52. The van der Waals surface area contributed by atoms with Gasteiger partial charge in [-0.3, -0.25) is 4.90 Å². The van der Waals surface area contributed by atoms with Crippen LogP contribution in [-0.2, 0) is 19.3 Å². The summed E-state index contributed by atoms with van der Waals surface area (Å²) in [5.74, 6) is -0.00960. The average Bonchev–Trinajstić information content (AvgIpc) is 2.87. The first kappa shape index (κ1) is 26.6. The molecule has 3 fully saturated rings. The number of anilines is 2. The molecule has 5 rings (SSSR count). The Morgan fingerprint density at radius 3 is 2.47 bits per heavy atom. The summed E-state index contributed by atoms with van der Waals surface area (Å²) >= 11 is 0. The summed E-state index contributed by atoms with van der Waals surface area (Å²) in [5.41, 5.74) is 0.668. The largest absolute Gasteiger partial charge is 0.474 e. The van der Waals surface area contributed by atoms with Crippen LogP contribution in [0.5, 0.6) is 5.88 Å². The number of carbonyl (C=O) groups excluding carboxylic acids is 1. The van der Waals surface area contributed by atoms with Crippen LogP contribution in [0.4, 0.5) is 20.7 Å². The molecule has 1 aromatic heterocycles. The molecule has 12 heteroatoms. The first-order valence-corrected chi connectivity index (χ1v) is 14.9. The quantitative estimate of drug-likeness (QED) is 0.568. The highest BCUT2D eigenvalue weighted by molar-refractivity contribution is 7.90. The Morgan fingerprint density at radius 1 is 1.11 bits per heavy atom. The van der Waals surface area contributed by atoms with Crippen molar-refractivity contribution < 1.29 is 31.8 Å². The zero-order valence-corrected chi connectivity index (χ0v) is 22.4. The van der Waals surface area contributed by atoms with Crippen molar-refractivity contribution in [2.45, 2.75) is 81.1 Å². The van der Waals surface area contributed by atoms with E-state index in [2.05, 4.69) is 15.3 Å². The number of morpholine rings is 1. The number of halogens is 1. The van der Waals surface area contributed by atoms with E-state index in [0.717, 1.165) is 38.0 Å². The standard InChI is InChI=1S/C26H33FN4O6S/c1-16-24(30-23-9-8-21(12-22(23)27)38(2,33)34)28-15-29-25(16)36-20-10-17-13-35-14-18(11-20)31(17)26(32)37-19-6-4-3-5-7-19/h8-9,12,15,17-20H,3-7,10-11,13-14H2,1-2H3,(H,28,29,30)/t17-,18+,20?. The van der Waals surface area contributed by atoms with E-state index in [1.807, 2.05) is 4.90 Å². The third-order valence-electron chi connectivity index (χ3n) is 7.45. The Hall–Kier alpha value is -2.99. The zero-order chi connectivity index (χ0) is 26.9. The second-order valence-corrected chi connectivity index (χ2v) is 12.3. The van der Waals surface area contributed by atoms with Gasteiger partial charge >= 0.3 is 6.09 Å². The number of amides is 1. The van der Waals surface area contributed by atoms with E-state index in [0.29, 0.717) is 43.3 Å². The van der Waals surface area contributed by atoms with Gasteiger partial charge in [-0.2, -0.15) is 0 Å². The second kappa shape index (κ2) is 11.0. The molecule has 1 unspecified atom stereocenters. The molecule has 0 radical (unpaired) electrons. The molecule has 3 atom stereocenters. The van der Waals surface area contributed by atoms with Crippen molar-refractivity contribution in [1.82, 2.24) is 14.9 Å². The van der Waals surface area contributed by atoms with E-state index in [4.69, 9.17) is 14.2 Å². The predicted octanol–water partition coefficient (Wildman–Crippen LogP) is 4.15. The molecule has 2 aromatic rings. The van der Waals surface area contributed by atoms with E-state index in [9.17, 15) is 17.6 Å². The number of benzene rings is 1. The number of hydrogen-bond donors (Lipinski definition) is 1. The maximum Gasteiger partial charge on any atom is 0.410 e. The third kappa shape index (κ3) is 5.85. The lowest BCUT2D eigenvalue weighted by Gasteiger charge is -2.47. The molecule has 38 heavy (non-hydrogen) atoms. The molecule has 1 N–H and O–H groups in total. The van der Waals surface area contributed by atoms with Crippen LogP contribution in [0.25, 0.3) is 0 Å². The predicted molar refractivity (Wildman–Crippen MR) is 137 cm³/mol. The minimum Gasteiger partial charge on any atom is -0.474 e. The van der Waals surface area contributed by atoms with Gasteiger partial charge in [0.1, 0.15) is 30.2 Å². The molecule has 1 aromatic carbocycles. The number of sulfone groups is 1. The summed E-state index contributed by atoms with van der Waals surface area (Å²) in [6, 6.07) is 3.37. The first-order chi connectivity index (χ1) is 18.2. The third-order valence-corrected chi connectivity index (χ3v) is 8.56. The number of carbonyl (C=O) groups is 1. The minimum atomic E-state index is -3.52. The Labute approximate surface area is 221 Å². The topological polar surface area (TPSA) is 120 Å². The van der Waals surface area contributed by atoms with Crippen LogP contribution < -0.4 is 10.1 Å². The molecule has 206 valence electrons. The highest BCUT2D eigenvalue weighted by Gasteiger charge is 2.44. The lowest BCUT2D eigenvalue weighted by atomic mass is 9.92. The number of nitrogens with zero attached hydrogens (tertiary/aromatic N) is 3. The van der Waals surface area contributed by atoms with Gasteiger partial charge in [-0.1, -0.05) is 6.42 Å². The van der Waals surface area contributed by atoms with Crippen molar-refractivity contribution in [1.29, 1.82) is 0 Å². The van der Waals surface area contributed by atoms with Crippen molar-refractivity contribution in [3.8, 4) is 5.88 Å². The van der Waals surface area contributed by atoms with E-state index in [-0.39, 0.29) is 41.0 Å². The van der Waals surface area contributed by atoms with Gasteiger partial charge in [0.15, 0.2) is 9.84 Å². The van der Waals surface area contributed by atoms with Crippen LogP contribution in [-0.4, -0.2) is 73.1 Å². The molecule has 1 aliphatic carbocycles. The Kier molecular flexibility index (Phi) is 7.71. The Bertz CT molecular complexity index is 1270. The number of fused-ring (bicyclic) bond motifs is 2.